The molecule has 0 bridgehead atoms. The number of benzene rings is 1. The van der Waals surface area contributed by atoms with Gasteiger partial charge in [-0.05, 0) is 24.6 Å². The van der Waals surface area contributed by atoms with Gasteiger partial charge in [0.05, 0.1) is 4.90 Å². The van der Waals surface area contributed by atoms with E-state index in [1.165, 1.54) is 12.1 Å². The van der Waals surface area contributed by atoms with Crippen molar-refractivity contribution in [3.05, 3.63) is 23.8 Å². The molecule has 1 aromatic rings. The summed E-state index contributed by atoms with van der Waals surface area (Å²) in [5, 5.41) is 2.57. The van der Waals surface area contributed by atoms with Crippen molar-refractivity contribution < 1.29 is 13.2 Å². The highest BCUT2D eigenvalue weighted by atomic mass is 32.2. The molecule has 1 aliphatic heterocycles. The molecular formula is C11H15N3O3S. The summed E-state index contributed by atoms with van der Waals surface area (Å²) in [4.78, 5) is 11.1. The van der Waals surface area contributed by atoms with Gasteiger partial charge in [0.1, 0.15) is 0 Å². The van der Waals surface area contributed by atoms with E-state index in [9.17, 15) is 13.2 Å². The Morgan fingerprint density at radius 3 is 2.72 bits per heavy atom. The Kier molecular flexibility index (Phi) is 3.27. The topological polar surface area (TPSA) is 101 Å². The van der Waals surface area contributed by atoms with Gasteiger partial charge >= 0.3 is 0 Å². The van der Waals surface area contributed by atoms with Crippen molar-refractivity contribution in [3.8, 4) is 0 Å². The third-order valence-corrected chi connectivity index (χ3v) is 4.38. The zero-order valence-corrected chi connectivity index (χ0v) is 10.8. The third-order valence-electron chi connectivity index (χ3n) is 2.86. The van der Waals surface area contributed by atoms with Gasteiger partial charge in [-0.2, -0.15) is 0 Å². The summed E-state index contributed by atoms with van der Waals surface area (Å²) in [6.45, 7) is 2.12. The first kappa shape index (κ1) is 12.8. The lowest BCUT2D eigenvalue weighted by atomic mass is 10.2. The summed E-state index contributed by atoms with van der Waals surface area (Å²) < 4.78 is 26.6. The van der Waals surface area contributed by atoms with Gasteiger partial charge in [-0.1, -0.05) is 6.07 Å². The minimum Gasteiger partial charge on any atom is -0.398 e. The second kappa shape index (κ2) is 4.58. The molecule has 0 radical (unpaired) electrons. The van der Waals surface area contributed by atoms with E-state index in [0.29, 0.717) is 12.2 Å². The lowest BCUT2D eigenvalue weighted by Crippen LogP contribution is -2.36. The molecule has 1 atom stereocenters. The molecule has 1 amide bonds. The van der Waals surface area contributed by atoms with Crippen molar-refractivity contribution in [1.82, 2.24) is 10.0 Å². The molecule has 0 spiro atoms. The van der Waals surface area contributed by atoms with Crippen LogP contribution < -0.4 is 15.8 Å². The van der Waals surface area contributed by atoms with E-state index in [0.717, 1.165) is 5.56 Å². The SMILES string of the molecule is Cc1ccc(S(=O)(=O)NC2CNC(=O)C2)cc1N. The van der Waals surface area contributed by atoms with Crippen LogP contribution in [-0.2, 0) is 14.8 Å². The molecule has 0 aromatic heterocycles. The normalized spacial score (nSPS) is 19.8. The maximum atomic E-state index is 12.1. The third kappa shape index (κ3) is 2.62. The van der Waals surface area contributed by atoms with Crippen LogP contribution in [0.4, 0.5) is 5.69 Å². The molecule has 1 fully saturated rings. The Bertz CT molecular complexity index is 583. The highest BCUT2D eigenvalue weighted by molar-refractivity contribution is 7.89. The number of hydrogen-bond acceptors (Lipinski definition) is 4. The zero-order chi connectivity index (χ0) is 13.3. The number of carbonyl (C=O) groups excluding carboxylic acids is 1. The minimum atomic E-state index is -3.63. The lowest BCUT2D eigenvalue weighted by molar-refractivity contribution is -0.119. The van der Waals surface area contributed by atoms with Crippen molar-refractivity contribution in [1.29, 1.82) is 0 Å². The van der Waals surface area contributed by atoms with E-state index in [1.54, 1.807) is 13.0 Å². The Balaban J connectivity index is 2.20. The second-order valence-corrected chi connectivity index (χ2v) is 6.06. The van der Waals surface area contributed by atoms with E-state index in [1.807, 2.05) is 0 Å². The van der Waals surface area contributed by atoms with Gasteiger partial charge in [0, 0.05) is 24.7 Å². The first-order valence-electron chi connectivity index (χ1n) is 5.53. The Hall–Kier alpha value is -1.60. The molecule has 0 saturated carbocycles. The van der Waals surface area contributed by atoms with Crippen molar-refractivity contribution in [2.24, 2.45) is 0 Å². The first-order valence-corrected chi connectivity index (χ1v) is 7.02. The van der Waals surface area contributed by atoms with Crippen LogP contribution >= 0.6 is 0 Å². The van der Waals surface area contributed by atoms with Gasteiger partial charge in [-0.3, -0.25) is 4.79 Å². The van der Waals surface area contributed by atoms with E-state index >= 15 is 0 Å². The van der Waals surface area contributed by atoms with E-state index < -0.39 is 16.1 Å². The van der Waals surface area contributed by atoms with Crippen LogP contribution in [0.1, 0.15) is 12.0 Å². The predicted octanol–water partition coefficient (Wildman–Crippen LogP) is -0.256. The van der Waals surface area contributed by atoms with Crippen molar-refractivity contribution >= 4 is 21.6 Å². The summed E-state index contributed by atoms with van der Waals surface area (Å²) in [5.74, 6) is -0.147. The molecular weight excluding hydrogens is 254 g/mol. The minimum absolute atomic E-state index is 0.116. The highest BCUT2D eigenvalue weighted by Crippen LogP contribution is 2.17. The van der Waals surface area contributed by atoms with Crippen molar-refractivity contribution in [2.45, 2.75) is 24.3 Å². The van der Waals surface area contributed by atoms with Gasteiger partial charge in [0.2, 0.25) is 15.9 Å². The van der Waals surface area contributed by atoms with Crippen molar-refractivity contribution in [2.75, 3.05) is 12.3 Å². The van der Waals surface area contributed by atoms with E-state index in [-0.39, 0.29) is 17.2 Å². The van der Waals surface area contributed by atoms with Gasteiger partial charge in [-0.25, -0.2) is 13.1 Å². The lowest BCUT2D eigenvalue weighted by Gasteiger charge is -2.12. The fourth-order valence-electron chi connectivity index (χ4n) is 1.76. The Labute approximate surface area is 106 Å². The highest BCUT2D eigenvalue weighted by Gasteiger charge is 2.26. The van der Waals surface area contributed by atoms with E-state index in [4.69, 9.17) is 5.73 Å². The van der Waals surface area contributed by atoms with Crippen LogP contribution in [0.2, 0.25) is 0 Å². The standard InChI is InChI=1S/C11H15N3O3S/c1-7-2-3-9(5-10(7)12)18(16,17)14-8-4-11(15)13-6-8/h2-3,5,8,14H,4,6,12H2,1H3,(H,13,15). The molecule has 1 aliphatic rings. The van der Waals surface area contributed by atoms with Crippen LogP contribution in [0, 0.1) is 6.92 Å². The fraction of sp³-hybridized carbons (Fsp3) is 0.364. The molecule has 4 N–H and O–H groups in total. The van der Waals surface area contributed by atoms with Crippen LogP contribution in [0.5, 0.6) is 0 Å². The van der Waals surface area contributed by atoms with Gasteiger partial charge in [0.15, 0.2) is 0 Å². The van der Waals surface area contributed by atoms with Crippen LogP contribution in [0.15, 0.2) is 23.1 Å². The van der Waals surface area contributed by atoms with Crippen LogP contribution in [-0.4, -0.2) is 26.9 Å². The molecule has 1 aromatic carbocycles. The fourth-order valence-corrected chi connectivity index (χ4v) is 3.03. The smallest absolute Gasteiger partial charge is 0.240 e. The quantitative estimate of drug-likeness (QED) is 0.658. The summed E-state index contributed by atoms with van der Waals surface area (Å²) >= 11 is 0. The Morgan fingerprint density at radius 1 is 1.44 bits per heavy atom. The summed E-state index contributed by atoms with van der Waals surface area (Å²) in [7, 11) is -3.63. The summed E-state index contributed by atoms with van der Waals surface area (Å²) in [6, 6.07) is 4.17. The first-order chi connectivity index (χ1) is 8.38. The van der Waals surface area contributed by atoms with Gasteiger partial charge in [-0.15, -0.1) is 0 Å². The van der Waals surface area contributed by atoms with Crippen LogP contribution in [0.25, 0.3) is 0 Å². The molecule has 2 rings (SSSR count). The summed E-state index contributed by atoms with van der Waals surface area (Å²) in [6.07, 6.45) is 0.167. The van der Waals surface area contributed by atoms with Crippen molar-refractivity contribution in [3.63, 3.8) is 0 Å². The summed E-state index contributed by atoms with van der Waals surface area (Å²) in [5.41, 5.74) is 6.94. The molecule has 1 unspecified atom stereocenters. The number of nitrogens with one attached hydrogen (secondary N) is 2. The maximum Gasteiger partial charge on any atom is 0.240 e. The number of anilines is 1. The van der Waals surface area contributed by atoms with E-state index in [2.05, 4.69) is 10.0 Å². The molecule has 18 heavy (non-hydrogen) atoms. The monoisotopic (exact) mass is 269 g/mol. The number of aryl methyl sites for hydroxylation is 1. The Morgan fingerprint density at radius 2 is 2.17 bits per heavy atom. The van der Waals surface area contributed by atoms with Crippen LogP contribution in [0.3, 0.4) is 0 Å². The number of carbonyl (C=O) groups is 1. The molecule has 0 aliphatic carbocycles. The number of amides is 1. The number of sulfonamides is 1. The predicted molar refractivity (Wildman–Crippen MR) is 67.3 cm³/mol. The molecule has 7 heteroatoms. The molecule has 6 nitrogen and oxygen atoms in total. The molecule has 1 heterocycles. The zero-order valence-electron chi connectivity index (χ0n) is 9.93. The van der Waals surface area contributed by atoms with Gasteiger partial charge < -0.3 is 11.1 Å². The average Bonchev–Trinajstić information content (AvgIpc) is 2.67. The average molecular weight is 269 g/mol. The number of hydrogen-bond donors (Lipinski definition) is 3. The second-order valence-electron chi connectivity index (χ2n) is 4.34. The number of nitrogen functional groups attached to an aromatic ring is 1. The molecule has 98 valence electrons. The van der Waals surface area contributed by atoms with Gasteiger partial charge in [0.25, 0.3) is 0 Å². The number of rotatable bonds is 3. The maximum absolute atomic E-state index is 12.1. The number of nitrogens with two attached hydrogens (primary N) is 1. The largest absolute Gasteiger partial charge is 0.398 e. The molecule has 1 saturated heterocycles.